The number of phenolic OH excluding ortho intramolecular Hbond substituents is 2. The Bertz CT molecular complexity index is 666. The zero-order chi connectivity index (χ0) is 14.7. The molecule has 0 aromatic heterocycles. The largest absolute Gasteiger partial charge is 0.504 e. The van der Waals surface area contributed by atoms with Crippen LogP contribution in [0.25, 0.3) is 0 Å². The number of likely N-dealkylation sites (tertiary alicyclic amines) is 1. The van der Waals surface area contributed by atoms with Crippen LogP contribution in [0.3, 0.4) is 0 Å². The molecule has 2 N–H and O–H groups in total. The zero-order valence-corrected chi connectivity index (χ0v) is 11.7. The maximum Gasteiger partial charge on any atom is 0.338 e. The molecule has 4 rings (SSSR count). The molecule has 0 radical (unpaired) electrons. The molecule has 21 heavy (non-hydrogen) atoms. The Morgan fingerprint density at radius 3 is 2.86 bits per heavy atom. The quantitative estimate of drug-likeness (QED) is 0.432. The van der Waals surface area contributed by atoms with Gasteiger partial charge in [-0.2, -0.15) is 0 Å². The van der Waals surface area contributed by atoms with E-state index < -0.39 is 5.97 Å². The van der Waals surface area contributed by atoms with Crippen molar-refractivity contribution in [1.29, 1.82) is 0 Å². The van der Waals surface area contributed by atoms with E-state index in [1.165, 1.54) is 17.7 Å². The number of rotatable bonds is 0. The van der Waals surface area contributed by atoms with Crippen molar-refractivity contribution in [3.8, 4) is 11.5 Å². The number of nitrogens with zero attached hydrogens (tertiary/aromatic N) is 1. The number of hydrogen-bond acceptors (Lipinski definition) is 5. The third-order valence-electron chi connectivity index (χ3n) is 4.95. The smallest absolute Gasteiger partial charge is 0.338 e. The molecule has 3 aliphatic rings. The number of phenols is 2. The fraction of sp³-hybridized carbons (Fsp3) is 0.438. The molecule has 1 aromatic rings. The van der Waals surface area contributed by atoms with Crippen LogP contribution >= 0.6 is 0 Å². The maximum absolute atomic E-state index is 12.1. The number of carbonyl (C=O) groups excluding carboxylic acids is 1. The number of fused-ring (bicyclic) bond motifs is 5. The Labute approximate surface area is 122 Å². The Balaban J connectivity index is 1.89. The van der Waals surface area contributed by atoms with E-state index in [4.69, 9.17) is 4.74 Å². The second-order valence-electron chi connectivity index (χ2n) is 6.09. The molecule has 5 nitrogen and oxygen atoms in total. The van der Waals surface area contributed by atoms with E-state index in [0.717, 1.165) is 24.9 Å². The number of likely N-dealkylation sites (N-methyl/N-ethyl adjacent to an activating group) is 1. The van der Waals surface area contributed by atoms with Crippen LogP contribution < -0.4 is 0 Å². The van der Waals surface area contributed by atoms with Gasteiger partial charge in [0.25, 0.3) is 0 Å². The highest BCUT2D eigenvalue weighted by Crippen LogP contribution is 2.47. The monoisotopic (exact) mass is 287 g/mol. The van der Waals surface area contributed by atoms with Crippen LogP contribution in [0, 0.1) is 0 Å². The molecule has 0 unspecified atom stereocenters. The lowest BCUT2D eigenvalue weighted by molar-refractivity contribution is 0.00907. The van der Waals surface area contributed by atoms with Gasteiger partial charge in [0, 0.05) is 24.9 Å². The summed E-state index contributed by atoms with van der Waals surface area (Å²) in [5.74, 6) is -0.856. The first-order valence-corrected chi connectivity index (χ1v) is 7.22. The number of benzene rings is 1. The van der Waals surface area contributed by atoms with Crippen LogP contribution in [0.5, 0.6) is 11.5 Å². The highest BCUT2D eigenvalue weighted by atomic mass is 16.5. The summed E-state index contributed by atoms with van der Waals surface area (Å²) < 4.78 is 5.57. The molecule has 1 fully saturated rings. The molecule has 0 bridgehead atoms. The number of esters is 1. The molecule has 3 atom stereocenters. The minimum absolute atomic E-state index is 0.0247. The summed E-state index contributed by atoms with van der Waals surface area (Å²) in [6.45, 7) is 0.993. The van der Waals surface area contributed by atoms with Gasteiger partial charge in [-0.15, -0.1) is 0 Å². The lowest BCUT2D eigenvalue weighted by Gasteiger charge is -2.41. The summed E-state index contributed by atoms with van der Waals surface area (Å²) in [6.07, 6.45) is 3.76. The molecular formula is C16H17NO4. The average molecular weight is 287 g/mol. The second kappa shape index (κ2) is 4.24. The molecule has 5 heteroatoms. The molecular weight excluding hydrogens is 270 g/mol. The number of ether oxygens (including phenoxy) is 1. The van der Waals surface area contributed by atoms with Gasteiger partial charge in [0.15, 0.2) is 11.5 Å². The standard InChI is InChI=1S/C16H17NO4/c1-17-5-4-8-2-3-13-14(15(8)17)9-6-11(18)12(19)7-10(9)16(20)21-13/h2,6-7,13-15,18-19H,3-5H2,1H3/t13-,14-,15-/m1/s1. The highest BCUT2D eigenvalue weighted by molar-refractivity contribution is 5.93. The molecule has 1 aliphatic carbocycles. The molecule has 110 valence electrons. The van der Waals surface area contributed by atoms with Crippen LogP contribution in [0.15, 0.2) is 23.8 Å². The molecule has 2 aliphatic heterocycles. The van der Waals surface area contributed by atoms with Gasteiger partial charge in [-0.1, -0.05) is 11.6 Å². The van der Waals surface area contributed by atoms with Crippen molar-refractivity contribution in [3.05, 3.63) is 34.9 Å². The number of hydrogen-bond donors (Lipinski definition) is 2. The fourth-order valence-electron chi connectivity index (χ4n) is 3.96. The van der Waals surface area contributed by atoms with Gasteiger partial charge in [-0.05, 0) is 31.2 Å². The van der Waals surface area contributed by atoms with Crippen molar-refractivity contribution in [2.45, 2.75) is 30.9 Å². The first-order valence-electron chi connectivity index (χ1n) is 7.22. The summed E-state index contributed by atoms with van der Waals surface area (Å²) in [7, 11) is 2.07. The SMILES string of the molecule is CN1CCC2=CC[C@H]3OC(=O)c4cc(O)c(O)cc4[C@H]3[C@@H]21. The van der Waals surface area contributed by atoms with Crippen LogP contribution in [0.2, 0.25) is 0 Å². The van der Waals surface area contributed by atoms with Crippen molar-refractivity contribution in [3.63, 3.8) is 0 Å². The second-order valence-corrected chi connectivity index (χ2v) is 6.09. The van der Waals surface area contributed by atoms with Crippen LogP contribution in [-0.2, 0) is 4.74 Å². The van der Waals surface area contributed by atoms with Crippen LogP contribution in [0.1, 0.15) is 34.7 Å². The minimum Gasteiger partial charge on any atom is -0.504 e. The first-order chi connectivity index (χ1) is 10.1. The van der Waals surface area contributed by atoms with Gasteiger partial charge in [-0.25, -0.2) is 4.79 Å². The van der Waals surface area contributed by atoms with E-state index in [0.29, 0.717) is 5.56 Å². The molecule has 0 spiro atoms. The van der Waals surface area contributed by atoms with Crippen molar-refractivity contribution < 1.29 is 19.7 Å². The topological polar surface area (TPSA) is 70.0 Å². The molecule has 0 amide bonds. The van der Waals surface area contributed by atoms with Gasteiger partial charge in [-0.3, -0.25) is 4.90 Å². The summed E-state index contributed by atoms with van der Waals surface area (Å²) in [6, 6.07) is 3.05. The van der Waals surface area contributed by atoms with Gasteiger partial charge < -0.3 is 14.9 Å². The van der Waals surface area contributed by atoms with Gasteiger partial charge in [0.1, 0.15) is 6.10 Å². The minimum atomic E-state index is -0.418. The molecule has 1 aromatic carbocycles. The summed E-state index contributed by atoms with van der Waals surface area (Å²) >= 11 is 0. The summed E-state index contributed by atoms with van der Waals surface area (Å²) in [4.78, 5) is 14.4. The van der Waals surface area contributed by atoms with Gasteiger partial charge in [0.05, 0.1) is 5.56 Å². The first kappa shape index (κ1) is 12.7. The van der Waals surface area contributed by atoms with E-state index in [9.17, 15) is 15.0 Å². The third-order valence-corrected chi connectivity index (χ3v) is 4.95. The zero-order valence-electron chi connectivity index (χ0n) is 11.7. The lowest BCUT2D eigenvalue weighted by atomic mass is 9.75. The predicted molar refractivity (Wildman–Crippen MR) is 75.5 cm³/mol. The summed E-state index contributed by atoms with van der Waals surface area (Å²) in [5, 5.41) is 19.5. The van der Waals surface area contributed by atoms with Gasteiger partial charge >= 0.3 is 5.97 Å². The maximum atomic E-state index is 12.1. The van der Waals surface area contributed by atoms with E-state index in [2.05, 4.69) is 18.0 Å². The molecule has 0 saturated carbocycles. The highest BCUT2D eigenvalue weighted by Gasteiger charge is 2.47. The normalized spacial score (nSPS) is 31.0. The Morgan fingerprint density at radius 1 is 1.29 bits per heavy atom. The number of aromatic hydroxyl groups is 2. The lowest BCUT2D eigenvalue weighted by Crippen LogP contribution is -2.45. The Morgan fingerprint density at radius 2 is 2.05 bits per heavy atom. The Kier molecular flexibility index (Phi) is 2.57. The van der Waals surface area contributed by atoms with E-state index >= 15 is 0 Å². The average Bonchev–Trinajstić information content (AvgIpc) is 2.83. The van der Waals surface area contributed by atoms with Gasteiger partial charge in [0.2, 0.25) is 0 Å². The van der Waals surface area contributed by atoms with Crippen LogP contribution in [-0.4, -0.2) is 46.8 Å². The van der Waals surface area contributed by atoms with E-state index in [-0.39, 0.29) is 29.6 Å². The van der Waals surface area contributed by atoms with Crippen LogP contribution in [0.4, 0.5) is 0 Å². The van der Waals surface area contributed by atoms with Crippen molar-refractivity contribution >= 4 is 5.97 Å². The third kappa shape index (κ3) is 1.70. The van der Waals surface area contributed by atoms with E-state index in [1.807, 2.05) is 0 Å². The summed E-state index contributed by atoms with van der Waals surface area (Å²) in [5.41, 5.74) is 2.54. The Hall–Kier alpha value is -2.01. The predicted octanol–water partition coefficient (Wildman–Crippen LogP) is 1.75. The van der Waals surface area contributed by atoms with Crippen molar-refractivity contribution in [2.75, 3.05) is 13.6 Å². The fourth-order valence-corrected chi connectivity index (χ4v) is 3.96. The number of carbonyl (C=O) groups is 1. The van der Waals surface area contributed by atoms with Crippen molar-refractivity contribution in [1.82, 2.24) is 4.90 Å². The molecule has 2 heterocycles. The van der Waals surface area contributed by atoms with E-state index in [1.54, 1.807) is 0 Å². The van der Waals surface area contributed by atoms with Crippen molar-refractivity contribution in [2.24, 2.45) is 0 Å². The molecule has 1 saturated heterocycles.